The van der Waals surface area contributed by atoms with Gasteiger partial charge in [-0.2, -0.15) is 0 Å². The van der Waals surface area contributed by atoms with Crippen molar-refractivity contribution in [2.75, 3.05) is 12.4 Å². The molecule has 3 rings (SSSR count). The maximum Gasteiger partial charge on any atom is 0.244 e. The molecule has 5 nitrogen and oxygen atoms in total. The van der Waals surface area contributed by atoms with E-state index in [0.717, 1.165) is 16.7 Å². The van der Waals surface area contributed by atoms with Crippen LogP contribution < -0.4 is 10.1 Å². The average molecular weight is 316 g/mol. The van der Waals surface area contributed by atoms with Crippen molar-refractivity contribution in [2.24, 2.45) is 0 Å². The average Bonchev–Trinajstić information content (AvgIpc) is 2.91. The van der Waals surface area contributed by atoms with E-state index >= 15 is 0 Å². The monoisotopic (exact) mass is 315 g/mol. The number of fused-ring (bicyclic) bond motifs is 1. The Balaban J connectivity index is 1.78. The Kier molecular flexibility index (Phi) is 3.98. The number of hydrogen-bond donors (Lipinski definition) is 1. The highest BCUT2D eigenvalue weighted by atomic mass is 35.5. The molecule has 0 saturated carbocycles. The lowest BCUT2D eigenvalue weighted by Gasteiger charge is -2.08. The number of rotatable bonds is 4. The second-order valence-corrected chi connectivity index (χ2v) is 5.12. The molecular formula is C16H14ClN3O2. The quantitative estimate of drug-likeness (QED) is 0.751. The van der Waals surface area contributed by atoms with Crippen molar-refractivity contribution in [3.05, 3.63) is 53.9 Å². The van der Waals surface area contributed by atoms with Crippen LogP contribution in [0.2, 0.25) is 5.15 Å². The number of pyridine rings is 1. The van der Waals surface area contributed by atoms with Crippen molar-refractivity contribution in [2.45, 2.75) is 6.54 Å². The molecule has 2 heterocycles. The van der Waals surface area contributed by atoms with Crippen molar-refractivity contribution in [3.63, 3.8) is 0 Å². The van der Waals surface area contributed by atoms with Crippen molar-refractivity contribution in [1.29, 1.82) is 0 Å². The molecule has 0 bridgehead atoms. The van der Waals surface area contributed by atoms with Crippen LogP contribution in [0.3, 0.4) is 0 Å². The second kappa shape index (κ2) is 6.07. The lowest BCUT2D eigenvalue weighted by atomic mass is 10.2. The fourth-order valence-electron chi connectivity index (χ4n) is 2.27. The molecule has 0 radical (unpaired) electrons. The van der Waals surface area contributed by atoms with Gasteiger partial charge < -0.3 is 14.6 Å². The number of anilines is 1. The lowest BCUT2D eigenvalue weighted by Crippen LogP contribution is -2.18. The van der Waals surface area contributed by atoms with Crippen molar-refractivity contribution < 1.29 is 9.53 Å². The molecule has 1 amide bonds. The fraction of sp³-hybridized carbons (Fsp3) is 0.125. The third-order valence-corrected chi connectivity index (χ3v) is 3.63. The summed E-state index contributed by atoms with van der Waals surface area (Å²) in [7, 11) is 1.63. The van der Waals surface area contributed by atoms with Gasteiger partial charge >= 0.3 is 0 Å². The molecule has 0 spiro atoms. The van der Waals surface area contributed by atoms with Gasteiger partial charge in [0, 0.05) is 23.3 Å². The number of carbonyl (C=O) groups is 1. The van der Waals surface area contributed by atoms with E-state index in [4.69, 9.17) is 16.3 Å². The van der Waals surface area contributed by atoms with E-state index < -0.39 is 0 Å². The second-order valence-electron chi connectivity index (χ2n) is 4.76. The minimum Gasteiger partial charge on any atom is -0.497 e. The summed E-state index contributed by atoms with van der Waals surface area (Å²) < 4.78 is 7.06. The zero-order chi connectivity index (χ0) is 15.5. The minimum atomic E-state index is -0.164. The van der Waals surface area contributed by atoms with Crippen LogP contribution in [0.5, 0.6) is 5.75 Å². The number of aromatic nitrogens is 2. The zero-order valence-electron chi connectivity index (χ0n) is 11.9. The van der Waals surface area contributed by atoms with Gasteiger partial charge in [-0.25, -0.2) is 4.98 Å². The first-order valence-corrected chi connectivity index (χ1v) is 7.08. The molecule has 6 heteroatoms. The number of carbonyl (C=O) groups excluding carboxylic acids is 1. The van der Waals surface area contributed by atoms with Gasteiger partial charge in [-0.3, -0.25) is 4.79 Å². The van der Waals surface area contributed by atoms with Crippen molar-refractivity contribution in [3.8, 4) is 5.75 Å². The zero-order valence-corrected chi connectivity index (χ0v) is 12.7. The van der Waals surface area contributed by atoms with Gasteiger partial charge in [0.25, 0.3) is 0 Å². The molecule has 0 atom stereocenters. The molecule has 0 aliphatic heterocycles. The topological polar surface area (TPSA) is 56.1 Å². The van der Waals surface area contributed by atoms with Crippen LogP contribution >= 0.6 is 11.6 Å². The standard InChI is InChI=1S/C16H14ClN3O2/c1-22-12-4-5-14-11(9-12)6-8-20(14)10-15(21)19-13-3-2-7-18-16(13)17/h2-9H,10H2,1H3,(H,19,21). The van der Waals surface area contributed by atoms with Crippen LogP contribution in [0.25, 0.3) is 10.9 Å². The number of benzene rings is 1. The highest BCUT2D eigenvalue weighted by Gasteiger charge is 2.09. The molecule has 2 aromatic heterocycles. The molecule has 0 fully saturated rings. The van der Waals surface area contributed by atoms with Crippen LogP contribution in [0, 0.1) is 0 Å². The maximum atomic E-state index is 12.2. The molecule has 0 unspecified atom stereocenters. The molecule has 1 aromatic carbocycles. The Labute approximate surface area is 132 Å². The fourth-order valence-corrected chi connectivity index (χ4v) is 2.43. The summed E-state index contributed by atoms with van der Waals surface area (Å²) in [5.41, 5.74) is 1.47. The number of nitrogens with one attached hydrogen (secondary N) is 1. The van der Waals surface area contributed by atoms with Gasteiger partial charge in [-0.15, -0.1) is 0 Å². The van der Waals surface area contributed by atoms with Gasteiger partial charge in [0.15, 0.2) is 5.15 Å². The summed E-state index contributed by atoms with van der Waals surface area (Å²) in [6, 6.07) is 11.1. The molecule has 0 saturated heterocycles. The first kappa shape index (κ1) is 14.4. The minimum absolute atomic E-state index is 0.164. The van der Waals surface area contributed by atoms with E-state index in [0.29, 0.717) is 5.69 Å². The Bertz CT molecular complexity index is 829. The first-order chi connectivity index (χ1) is 10.7. The molecule has 3 aromatic rings. The van der Waals surface area contributed by atoms with Crippen molar-refractivity contribution >= 4 is 34.1 Å². The number of hydrogen-bond acceptors (Lipinski definition) is 3. The Morgan fingerprint density at radius 2 is 2.23 bits per heavy atom. The van der Waals surface area contributed by atoms with E-state index in [1.54, 1.807) is 25.4 Å². The van der Waals surface area contributed by atoms with E-state index in [2.05, 4.69) is 10.3 Å². The summed E-state index contributed by atoms with van der Waals surface area (Å²) in [6.45, 7) is 0.195. The Hall–Kier alpha value is -2.53. The predicted octanol–water partition coefficient (Wildman–Crippen LogP) is 3.34. The third kappa shape index (κ3) is 2.89. The van der Waals surface area contributed by atoms with Gasteiger partial charge in [0.2, 0.25) is 5.91 Å². The smallest absolute Gasteiger partial charge is 0.244 e. The summed E-state index contributed by atoms with van der Waals surface area (Å²) in [5, 5.41) is 4.05. The van der Waals surface area contributed by atoms with Crippen LogP contribution in [0.4, 0.5) is 5.69 Å². The third-order valence-electron chi connectivity index (χ3n) is 3.33. The summed E-state index contributed by atoms with van der Waals surface area (Å²) >= 11 is 5.93. The largest absolute Gasteiger partial charge is 0.497 e. The molecule has 22 heavy (non-hydrogen) atoms. The highest BCUT2D eigenvalue weighted by Crippen LogP contribution is 2.22. The first-order valence-electron chi connectivity index (χ1n) is 6.70. The molecular weight excluding hydrogens is 302 g/mol. The number of ether oxygens (including phenoxy) is 1. The normalized spacial score (nSPS) is 10.6. The van der Waals surface area contributed by atoms with Crippen LogP contribution in [0.15, 0.2) is 48.8 Å². The van der Waals surface area contributed by atoms with Crippen LogP contribution in [-0.4, -0.2) is 22.6 Å². The van der Waals surface area contributed by atoms with E-state index in [9.17, 15) is 4.79 Å². The molecule has 0 aliphatic carbocycles. The number of methoxy groups -OCH3 is 1. The summed E-state index contributed by atoms with van der Waals surface area (Å²) in [6.07, 6.45) is 3.44. The van der Waals surface area contributed by atoms with Crippen molar-refractivity contribution in [1.82, 2.24) is 9.55 Å². The van der Waals surface area contributed by atoms with Crippen LogP contribution in [-0.2, 0) is 11.3 Å². The van der Waals surface area contributed by atoms with E-state index in [1.807, 2.05) is 35.0 Å². The number of amides is 1. The summed E-state index contributed by atoms with van der Waals surface area (Å²) in [5.74, 6) is 0.625. The molecule has 112 valence electrons. The van der Waals surface area contributed by atoms with Gasteiger partial charge in [0.05, 0.1) is 12.8 Å². The van der Waals surface area contributed by atoms with Gasteiger partial charge in [0.1, 0.15) is 12.3 Å². The number of halogens is 1. The van der Waals surface area contributed by atoms with E-state index in [1.165, 1.54) is 0 Å². The van der Waals surface area contributed by atoms with Gasteiger partial charge in [-0.05, 0) is 36.4 Å². The Morgan fingerprint density at radius 1 is 1.36 bits per heavy atom. The predicted molar refractivity (Wildman–Crippen MR) is 86.4 cm³/mol. The molecule has 1 N–H and O–H groups in total. The van der Waals surface area contributed by atoms with Crippen LogP contribution in [0.1, 0.15) is 0 Å². The maximum absolute atomic E-state index is 12.2. The SMILES string of the molecule is COc1ccc2c(ccn2CC(=O)Nc2cccnc2Cl)c1. The highest BCUT2D eigenvalue weighted by molar-refractivity contribution is 6.32. The van der Waals surface area contributed by atoms with Gasteiger partial charge in [-0.1, -0.05) is 11.6 Å². The molecule has 0 aliphatic rings. The lowest BCUT2D eigenvalue weighted by molar-refractivity contribution is -0.116. The summed E-state index contributed by atoms with van der Waals surface area (Å²) in [4.78, 5) is 16.1. The number of nitrogens with zero attached hydrogens (tertiary/aromatic N) is 2. The Morgan fingerprint density at radius 3 is 3.00 bits per heavy atom. The van der Waals surface area contributed by atoms with E-state index in [-0.39, 0.29) is 17.6 Å².